The second-order valence-electron chi connectivity index (χ2n) is 8.39. The van der Waals surface area contributed by atoms with Crippen molar-refractivity contribution in [2.24, 2.45) is 0 Å². The number of rotatable bonds is 5. The molecule has 1 fully saturated rings. The van der Waals surface area contributed by atoms with Crippen LogP contribution in [0.4, 0.5) is 0 Å². The van der Waals surface area contributed by atoms with Gasteiger partial charge < -0.3 is 9.32 Å². The van der Waals surface area contributed by atoms with Gasteiger partial charge in [-0.05, 0) is 36.8 Å². The smallest absolute Gasteiger partial charge is 0.254 e. The van der Waals surface area contributed by atoms with Gasteiger partial charge in [-0.3, -0.25) is 9.69 Å². The van der Waals surface area contributed by atoms with Crippen LogP contribution in [0.3, 0.4) is 0 Å². The minimum atomic E-state index is 0.0533. The van der Waals surface area contributed by atoms with Crippen LogP contribution in [0, 0.1) is 6.92 Å². The minimum Gasteiger partial charge on any atom is -0.460 e. The number of aromatic nitrogens is 1. The lowest BCUT2D eigenvalue weighted by atomic mass is 10.0. The zero-order valence-electron chi connectivity index (χ0n) is 18.8. The van der Waals surface area contributed by atoms with Crippen LogP contribution in [0.1, 0.15) is 21.7 Å². The average Bonchev–Trinajstić information content (AvgIpc) is 3.30. The summed E-state index contributed by atoms with van der Waals surface area (Å²) < 4.78 is 5.78. The van der Waals surface area contributed by atoms with E-state index in [1.54, 1.807) is 0 Å². The zero-order valence-corrected chi connectivity index (χ0v) is 18.8. The molecule has 0 atom stereocenters. The van der Waals surface area contributed by atoms with E-state index in [1.165, 1.54) is 5.56 Å². The highest BCUT2D eigenvalue weighted by molar-refractivity contribution is 6.07. The molecule has 5 heteroatoms. The van der Waals surface area contributed by atoms with E-state index in [9.17, 15) is 4.79 Å². The van der Waals surface area contributed by atoms with Crippen molar-refractivity contribution in [1.82, 2.24) is 14.8 Å². The van der Waals surface area contributed by atoms with Gasteiger partial charge in [-0.2, -0.15) is 0 Å². The number of carbonyl (C=O) groups excluding carboxylic acids is 1. The Morgan fingerprint density at radius 1 is 0.970 bits per heavy atom. The van der Waals surface area contributed by atoms with Crippen molar-refractivity contribution in [3.05, 3.63) is 95.8 Å². The maximum absolute atomic E-state index is 13.5. The molecule has 0 bridgehead atoms. The van der Waals surface area contributed by atoms with Gasteiger partial charge in [-0.1, -0.05) is 60.7 Å². The van der Waals surface area contributed by atoms with Gasteiger partial charge in [-0.15, -0.1) is 0 Å². The predicted molar refractivity (Wildman–Crippen MR) is 132 cm³/mol. The van der Waals surface area contributed by atoms with Crippen LogP contribution >= 0.6 is 0 Å². The molecule has 1 aliphatic rings. The third-order valence-electron chi connectivity index (χ3n) is 6.07. The summed E-state index contributed by atoms with van der Waals surface area (Å²) in [5, 5.41) is 0.878. The minimum absolute atomic E-state index is 0.0533. The summed E-state index contributed by atoms with van der Waals surface area (Å²) in [5.41, 5.74) is 3.38. The van der Waals surface area contributed by atoms with Crippen LogP contribution in [0.15, 0.2) is 83.3 Å². The molecule has 1 amide bonds. The lowest BCUT2D eigenvalue weighted by Crippen LogP contribution is -2.48. The molecule has 166 valence electrons. The van der Waals surface area contributed by atoms with Crippen LogP contribution in [-0.4, -0.2) is 53.4 Å². The molecule has 4 aromatic rings. The Morgan fingerprint density at radius 3 is 2.48 bits per heavy atom. The standard InChI is InChI=1S/C28H27N3O2/c1-21-13-14-27(33-21)26-20-24(23-11-5-6-12-25(23)29-26)28(32)31-18-16-30(17-19-31)15-7-10-22-8-3-2-4-9-22/h2-14,20H,15-19H2,1H3/b10-7+. The number of benzene rings is 2. The molecule has 5 rings (SSSR count). The molecule has 0 spiro atoms. The van der Waals surface area contributed by atoms with Gasteiger partial charge in [0.25, 0.3) is 5.91 Å². The first-order valence-corrected chi connectivity index (χ1v) is 11.4. The molecule has 1 saturated heterocycles. The van der Waals surface area contributed by atoms with Crippen molar-refractivity contribution in [1.29, 1.82) is 0 Å². The molecule has 3 heterocycles. The van der Waals surface area contributed by atoms with Crippen LogP contribution in [-0.2, 0) is 0 Å². The first-order chi connectivity index (χ1) is 16.2. The van der Waals surface area contributed by atoms with Crippen molar-refractivity contribution in [3.8, 4) is 11.5 Å². The third kappa shape index (κ3) is 4.73. The van der Waals surface area contributed by atoms with Gasteiger partial charge in [0, 0.05) is 38.1 Å². The maximum Gasteiger partial charge on any atom is 0.254 e. The molecular weight excluding hydrogens is 410 g/mol. The number of carbonyl (C=O) groups is 1. The molecule has 2 aromatic heterocycles. The molecule has 0 saturated carbocycles. The second-order valence-corrected chi connectivity index (χ2v) is 8.39. The van der Waals surface area contributed by atoms with Gasteiger partial charge in [0.05, 0.1) is 11.1 Å². The molecule has 5 nitrogen and oxygen atoms in total. The van der Waals surface area contributed by atoms with E-state index in [-0.39, 0.29) is 5.91 Å². The van der Waals surface area contributed by atoms with Gasteiger partial charge in [0.1, 0.15) is 11.5 Å². The van der Waals surface area contributed by atoms with Crippen LogP contribution in [0.5, 0.6) is 0 Å². The molecule has 0 radical (unpaired) electrons. The van der Waals surface area contributed by atoms with Gasteiger partial charge in [-0.25, -0.2) is 4.98 Å². The lowest BCUT2D eigenvalue weighted by Gasteiger charge is -2.34. The number of furan rings is 1. The summed E-state index contributed by atoms with van der Waals surface area (Å²) in [6.45, 7) is 5.94. The van der Waals surface area contributed by atoms with Crippen molar-refractivity contribution < 1.29 is 9.21 Å². The molecule has 1 aliphatic heterocycles. The predicted octanol–water partition coefficient (Wildman–Crippen LogP) is 5.27. The van der Waals surface area contributed by atoms with E-state index in [0.717, 1.165) is 36.3 Å². The number of nitrogens with zero attached hydrogens (tertiary/aromatic N) is 3. The van der Waals surface area contributed by atoms with Crippen molar-refractivity contribution >= 4 is 22.9 Å². The Labute approximate surface area is 194 Å². The highest BCUT2D eigenvalue weighted by atomic mass is 16.3. The monoisotopic (exact) mass is 437 g/mol. The Balaban J connectivity index is 1.31. The topological polar surface area (TPSA) is 49.6 Å². The van der Waals surface area contributed by atoms with Crippen molar-refractivity contribution in [2.75, 3.05) is 32.7 Å². The molecule has 0 N–H and O–H groups in total. The fraction of sp³-hybridized carbons (Fsp3) is 0.214. The Hall–Kier alpha value is -3.70. The maximum atomic E-state index is 13.5. The Bertz CT molecular complexity index is 1290. The number of pyridine rings is 1. The average molecular weight is 438 g/mol. The molecule has 0 aliphatic carbocycles. The second kappa shape index (κ2) is 9.43. The van der Waals surface area contributed by atoms with Crippen molar-refractivity contribution in [3.63, 3.8) is 0 Å². The molecule has 33 heavy (non-hydrogen) atoms. The lowest BCUT2D eigenvalue weighted by molar-refractivity contribution is 0.0652. The third-order valence-corrected chi connectivity index (χ3v) is 6.07. The van der Waals surface area contributed by atoms with Crippen LogP contribution in [0.2, 0.25) is 0 Å². The summed E-state index contributed by atoms with van der Waals surface area (Å²) >= 11 is 0. The van der Waals surface area contributed by atoms with Gasteiger partial charge in [0.15, 0.2) is 5.76 Å². The normalized spacial score (nSPS) is 14.9. The number of piperazine rings is 1. The first kappa shape index (κ1) is 21.2. The van der Waals surface area contributed by atoms with Gasteiger partial charge >= 0.3 is 0 Å². The number of amides is 1. The number of aryl methyl sites for hydroxylation is 1. The summed E-state index contributed by atoms with van der Waals surface area (Å²) in [4.78, 5) is 22.6. The highest BCUT2D eigenvalue weighted by Gasteiger charge is 2.24. The molecule has 2 aromatic carbocycles. The largest absolute Gasteiger partial charge is 0.460 e. The van der Waals surface area contributed by atoms with Crippen LogP contribution < -0.4 is 0 Å². The summed E-state index contributed by atoms with van der Waals surface area (Å²) in [5.74, 6) is 1.56. The van der Waals surface area contributed by atoms with E-state index in [4.69, 9.17) is 9.40 Å². The Morgan fingerprint density at radius 2 is 1.73 bits per heavy atom. The fourth-order valence-electron chi connectivity index (χ4n) is 4.26. The zero-order chi connectivity index (χ0) is 22.6. The fourth-order valence-corrected chi connectivity index (χ4v) is 4.26. The van der Waals surface area contributed by atoms with E-state index in [2.05, 4.69) is 29.2 Å². The number of para-hydroxylation sites is 1. The SMILES string of the molecule is Cc1ccc(-c2cc(C(=O)N3CCN(C/C=C/c4ccccc4)CC3)c3ccccc3n2)o1. The Kier molecular flexibility index (Phi) is 6.05. The van der Waals surface area contributed by atoms with Gasteiger partial charge in [0.2, 0.25) is 0 Å². The quantitative estimate of drug-likeness (QED) is 0.427. The van der Waals surface area contributed by atoms with E-state index < -0.39 is 0 Å². The highest BCUT2D eigenvalue weighted by Crippen LogP contribution is 2.27. The summed E-state index contributed by atoms with van der Waals surface area (Å²) in [6.07, 6.45) is 4.35. The van der Waals surface area contributed by atoms with Crippen molar-refractivity contribution in [2.45, 2.75) is 6.92 Å². The van der Waals surface area contributed by atoms with E-state index >= 15 is 0 Å². The first-order valence-electron chi connectivity index (χ1n) is 11.4. The number of fused-ring (bicyclic) bond motifs is 1. The molecular formula is C28H27N3O2. The van der Waals surface area contributed by atoms with E-state index in [1.807, 2.05) is 72.5 Å². The van der Waals surface area contributed by atoms with Crippen LogP contribution in [0.25, 0.3) is 28.4 Å². The number of hydrogen-bond acceptors (Lipinski definition) is 4. The molecule has 0 unspecified atom stereocenters. The summed E-state index contributed by atoms with van der Waals surface area (Å²) in [6, 6.07) is 23.8. The summed E-state index contributed by atoms with van der Waals surface area (Å²) in [7, 11) is 0. The number of hydrogen-bond donors (Lipinski definition) is 0. The van der Waals surface area contributed by atoms with E-state index in [0.29, 0.717) is 30.1 Å².